The normalized spacial score (nSPS) is 11.3. The first-order valence-electron chi connectivity index (χ1n) is 10.9. The summed E-state index contributed by atoms with van der Waals surface area (Å²) in [7, 11) is 0. The molecule has 0 nitrogen and oxygen atoms in total. The lowest BCUT2D eigenvalue weighted by atomic mass is 9.85. The number of hydrogen-bond donors (Lipinski definition) is 0. The lowest BCUT2D eigenvalue weighted by Crippen LogP contribution is -2.02. The van der Waals surface area contributed by atoms with Crippen molar-refractivity contribution in [2.75, 3.05) is 0 Å². The van der Waals surface area contributed by atoms with E-state index in [1.807, 2.05) is 0 Å². The second-order valence-electron chi connectivity index (χ2n) is 8.98. The molecule has 4 aromatic carbocycles. The predicted molar refractivity (Wildman–Crippen MR) is 132 cm³/mol. The summed E-state index contributed by atoms with van der Waals surface area (Å²) < 4.78 is 0. The van der Waals surface area contributed by atoms with Crippen LogP contribution in [0.15, 0.2) is 54.6 Å². The van der Waals surface area contributed by atoms with E-state index in [9.17, 15) is 0 Å². The zero-order valence-electron chi connectivity index (χ0n) is 19.4. The molecule has 0 bridgehead atoms. The molecule has 0 saturated carbocycles. The summed E-state index contributed by atoms with van der Waals surface area (Å²) in [4.78, 5) is 0. The van der Waals surface area contributed by atoms with E-state index in [0.29, 0.717) is 0 Å². The van der Waals surface area contributed by atoms with Crippen LogP contribution in [0.25, 0.3) is 21.9 Å². The minimum Gasteiger partial charge on any atom is -0.0614 e. The summed E-state index contributed by atoms with van der Waals surface area (Å²) in [5, 5.41) is 2.76. The number of rotatable bonds is 3. The summed E-state index contributed by atoms with van der Waals surface area (Å²) in [6.07, 6.45) is 0.960. The molecule has 0 amide bonds. The summed E-state index contributed by atoms with van der Waals surface area (Å²) in [6.45, 7) is 15.7. The zero-order chi connectivity index (χ0) is 21.6. The molecule has 0 aliphatic rings. The third-order valence-corrected chi connectivity index (χ3v) is 7.07. The Labute approximate surface area is 181 Å². The molecule has 0 aliphatic heterocycles. The van der Waals surface area contributed by atoms with E-state index in [1.54, 1.807) is 0 Å². The van der Waals surface area contributed by atoms with Gasteiger partial charge >= 0.3 is 0 Å². The van der Waals surface area contributed by atoms with Crippen LogP contribution in [-0.2, 0) is 6.42 Å². The van der Waals surface area contributed by atoms with Crippen LogP contribution in [0.5, 0.6) is 0 Å². The van der Waals surface area contributed by atoms with Crippen molar-refractivity contribution in [3.63, 3.8) is 0 Å². The summed E-state index contributed by atoms with van der Waals surface area (Å²) in [5.41, 5.74) is 15.3. The highest BCUT2D eigenvalue weighted by Gasteiger charge is 2.16. The molecule has 30 heavy (non-hydrogen) atoms. The fourth-order valence-electron chi connectivity index (χ4n) is 4.64. The molecule has 0 fully saturated rings. The van der Waals surface area contributed by atoms with Gasteiger partial charge < -0.3 is 0 Å². The molecule has 4 aromatic rings. The molecule has 4 rings (SSSR count). The van der Waals surface area contributed by atoms with Crippen molar-refractivity contribution in [2.45, 2.75) is 54.9 Å². The van der Waals surface area contributed by atoms with E-state index in [0.717, 1.165) is 6.42 Å². The molecule has 0 radical (unpaired) electrons. The first kappa shape index (κ1) is 20.4. The van der Waals surface area contributed by atoms with Gasteiger partial charge in [0.15, 0.2) is 0 Å². The standard InChI is InChI=1S/C30H32/c1-18-10-8-12-26(23(18)6)27-13-9-11-19(2)28(27)17-29-24(7)22(5)15-25-14-20(3)21(4)16-30(25)29/h8-16H,17H2,1-7H3. The quantitative estimate of drug-likeness (QED) is 0.329. The van der Waals surface area contributed by atoms with Crippen molar-refractivity contribution in [1.82, 2.24) is 0 Å². The Balaban J connectivity index is 1.97. The molecular weight excluding hydrogens is 360 g/mol. The van der Waals surface area contributed by atoms with E-state index in [2.05, 4.69) is 103 Å². The summed E-state index contributed by atoms with van der Waals surface area (Å²) in [5.74, 6) is 0. The van der Waals surface area contributed by atoms with Gasteiger partial charge in [0.25, 0.3) is 0 Å². The average molecular weight is 393 g/mol. The van der Waals surface area contributed by atoms with Crippen LogP contribution in [0.2, 0.25) is 0 Å². The van der Waals surface area contributed by atoms with Gasteiger partial charge in [-0.3, -0.25) is 0 Å². The molecule has 152 valence electrons. The number of hydrogen-bond acceptors (Lipinski definition) is 0. The van der Waals surface area contributed by atoms with Crippen LogP contribution in [-0.4, -0.2) is 0 Å². The smallest absolute Gasteiger partial charge is 0.000810 e. The first-order chi connectivity index (χ1) is 14.3. The van der Waals surface area contributed by atoms with Gasteiger partial charge in [-0.25, -0.2) is 0 Å². The maximum atomic E-state index is 2.39. The van der Waals surface area contributed by atoms with Crippen molar-refractivity contribution in [1.29, 1.82) is 0 Å². The lowest BCUT2D eigenvalue weighted by molar-refractivity contribution is 1.13. The molecule has 0 aliphatic carbocycles. The molecule has 0 heteroatoms. The van der Waals surface area contributed by atoms with Crippen LogP contribution < -0.4 is 0 Å². The minimum atomic E-state index is 0.960. The molecule has 0 N–H and O–H groups in total. The third-order valence-electron chi connectivity index (χ3n) is 7.07. The lowest BCUT2D eigenvalue weighted by Gasteiger charge is -2.20. The monoisotopic (exact) mass is 392 g/mol. The van der Waals surface area contributed by atoms with Crippen LogP contribution in [0, 0.1) is 48.5 Å². The van der Waals surface area contributed by atoms with Crippen molar-refractivity contribution in [2.24, 2.45) is 0 Å². The van der Waals surface area contributed by atoms with Gasteiger partial charge in [-0.1, -0.05) is 54.6 Å². The fourth-order valence-corrected chi connectivity index (χ4v) is 4.64. The Bertz CT molecular complexity index is 1270. The fraction of sp³-hybridized carbons (Fsp3) is 0.267. The van der Waals surface area contributed by atoms with Crippen LogP contribution >= 0.6 is 0 Å². The Morgan fingerprint density at radius 3 is 1.83 bits per heavy atom. The number of fused-ring (bicyclic) bond motifs is 1. The number of aryl methyl sites for hydroxylation is 5. The van der Waals surface area contributed by atoms with E-state index in [1.165, 1.54) is 72.0 Å². The van der Waals surface area contributed by atoms with E-state index < -0.39 is 0 Å². The van der Waals surface area contributed by atoms with E-state index in [4.69, 9.17) is 0 Å². The minimum absolute atomic E-state index is 0.960. The van der Waals surface area contributed by atoms with Crippen molar-refractivity contribution in [3.05, 3.63) is 105 Å². The Hall–Kier alpha value is -2.86. The Morgan fingerprint density at radius 2 is 1.10 bits per heavy atom. The van der Waals surface area contributed by atoms with E-state index >= 15 is 0 Å². The summed E-state index contributed by atoms with van der Waals surface area (Å²) >= 11 is 0. The highest BCUT2D eigenvalue weighted by molar-refractivity contribution is 5.90. The van der Waals surface area contributed by atoms with Crippen LogP contribution in [0.3, 0.4) is 0 Å². The molecular formula is C30H32. The molecule has 0 atom stereocenters. The maximum Gasteiger partial charge on any atom is -0.000810 e. The van der Waals surface area contributed by atoms with Crippen molar-refractivity contribution >= 4 is 10.8 Å². The highest BCUT2D eigenvalue weighted by atomic mass is 14.2. The zero-order valence-corrected chi connectivity index (χ0v) is 19.4. The van der Waals surface area contributed by atoms with Gasteiger partial charge in [-0.2, -0.15) is 0 Å². The average Bonchev–Trinajstić information content (AvgIpc) is 2.70. The highest BCUT2D eigenvalue weighted by Crippen LogP contribution is 2.35. The Kier molecular flexibility index (Phi) is 5.28. The van der Waals surface area contributed by atoms with Gasteiger partial charge in [0, 0.05) is 0 Å². The van der Waals surface area contributed by atoms with Crippen molar-refractivity contribution < 1.29 is 0 Å². The van der Waals surface area contributed by atoms with E-state index in [-0.39, 0.29) is 0 Å². The SMILES string of the molecule is Cc1cc2cc(C)c(C)c(Cc3c(C)cccc3-c3cccc(C)c3C)c2cc1C. The van der Waals surface area contributed by atoms with Gasteiger partial charge in [-0.05, 0) is 127 Å². The van der Waals surface area contributed by atoms with Gasteiger partial charge in [0.1, 0.15) is 0 Å². The Morgan fingerprint density at radius 1 is 0.500 bits per heavy atom. The van der Waals surface area contributed by atoms with Gasteiger partial charge in [0.2, 0.25) is 0 Å². The summed E-state index contributed by atoms with van der Waals surface area (Å²) in [6, 6.07) is 20.5. The second kappa shape index (κ2) is 7.76. The van der Waals surface area contributed by atoms with Crippen LogP contribution in [0.4, 0.5) is 0 Å². The second-order valence-corrected chi connectivity index (χ2v) is 8.98. The van der Waals surface area contributed by atoms with Crippen LogP contribution in [0.1, 0.15) is 50.1 Å². The molecule has 0 heterocycles. The molecule has 0 aromatic heterocycles. The van der Waals surface area contributed by atoms with Crippen molar-refractivity contribution in [3.8, 4) is 11.1 Å². The largest absolute Gasteiger partial charge is 0.0614 e. The first-order valence-corrected chi connectivity index (χ1v) is 10.9. The predicted octanol–water partition coefficient (Wildman–Crippen LogP) is 8.26. The van der Waals surface area contributed by atoms with Gasteiger partial charge in [-0.15, -0.1) is 0 Å². The number of benzene rings is 4. The molecule has 0 spiro atoms. The molecule has 0 saturated heterocycles. The van der Waals surface area contributed by atoms with Gasteiger partial charge in [0.05, 0.1) is 0 Å². The molecule has 0 unspecified atom stereocenters. The maximum absolute atomic E-state index is 2.39. The third kappa shape index (κ3) is 3.45. The topological polar surface area (TPSA) is 0 Å².